The third-order valence-electron chi connectivity index (χ3n) is 27.2. The number of hydrogen-bond donors (Lipinski definition) is 0. The number of hydrogen-bond acceptors (Lipinski definition) is 3. The first-order valence-corrected chi connectivity index (χ1v) is 44.7. The molecule has 6 heteroatoms. The van der Waals surface area contributed by atoms with Crippen LogP contribution >= 0.6 is 0 Å². The van der Waals surface area contributed by atoms with Crippen LogP contribution in [0.1, 0.15) is 214 Å². The highest BCUT2D eigenvalue weighted by atomic mass is 16.3. The molecule has 6 heterocycles. The Balaban J connectivity index is 0.949. The summed E-state index contributed by atoms with van der Waals surface area (Å²) in [5.41, 5.74) is 31.4. The van der Waals surface area contributed by atoms with Crippen LogP contribution in [0.5, 0.6) is 0 Å². The number of nitrogens with zero attached hydrogens (tertiary/aromatic N) is 5. The van der Waals surface area contributed by atoms with Crippen molar-refractivity contribution >= 4 is 121 Å². The third-order valence-corrected chi connectivity index (χ3v) is 27.2. The van der Waals surface area contributed by atoms with Gasteiger partial charge >= 0.3 is 0 Å². The van der Waals surface area contributed by atoms with Gasteiger partial charge in [-0.1, -0.05) is 315 Å². The van der Waals surface area contributed by atoms with E-state index < -0.39 is 24.0 Å². The molecule has 19 aromatic rings. The van der Waals surface area contributed by atoms with E-state index in [2.05, 4.69) is 430 Å². The van der Waals surface area contributed by atoms with Crippen molar-refractivity contribution in [1.82, 2.24) is 13.7 Å². The van der Waals surface area contributed by atoms with E-state index in [4.69, 9.17) is 5.79 Å². The van der Waals surface area contributed by atoms with E-state index >= 15 is 0 Å². The summed E-state index contributed by atoms with van der Waals surface area (Å²) in [5, 5.41) is 8.89. The molecule has 0 saturated carbocycles. The maximum absolute atomic E-state index is 9.87. The van der Waals surface area contributed by atoms with E-state index in [0.717, 1.165) is 150 Å². The summed E-state index contributed by atoms with van der Waals surface area (Å²) in [7, 11) is 0. The zero-order chi connectivity index (χ0) is 91.3. The van der Waals surface area contributed by atoms with Crippen molar-refractivity contribution in [3.63, 3.8) is 0 Å². The summed E-state index contributed by atoms with van der Waals surface area (Å²) in [6, 6.07) is 99.2. The Bertz CT molecular complexity index is 7710. The number of fused-ring (bicyclic) bond motifs is 16. The Morgan fingerprint density at radius 1 is 0.248 bits per heavy atom. The van der Waals surface area contributed by atoms with Gasteiger partial charge in [0.15, 0.2) is 11.2 Å². The Kier molecular flexibility index (Phi) is 16.4. The van der Waals surface area contributed by atoms with Gasteiger partial charge in [-0.25, -0.2) is 0 Å². The molecule has 2 aliphatic rings. The number of furan rings is 1. The molecule has 0 radical (unpaired) electrons. The van der Waals surface area contributed by atoms with Crippen molar-refractivity contribution < 1.29 is 11.3 Å². The van der Waals surface area contributed by atoms with E-state index in [1.165, 1.54) is 60.5 Å². The highest BCUT2D eigenvalue weighted by Crippen LogP contribution is 2.65. The molecule has 125 heavy (non-hydrogen) atoms. The third kappa shape index (κ3) is 12.8. The molecule has 21 rings (SSSR count). The lowest BCUT2D eigenvalue weighted by Gasteiger charge is -2.46. The van der Waals surface area contributed by atoms with Gasteiger partial charge in [0.05, 0.1) is 85.5 Å². The molecule has 6 nitrogen and oxygen atoms in total. The van der Waals surface area contributed by atoms with Gasteiger partial charge in [-0.2, -0.15) is 0 Å². The van der Waals surface area contributed by atoms with Crippen LogP contribution in [0.3, 0.4) is 0 Å². The second-order valence-electron chi connectivity index (χ2n) is 42.7. The molecule has 0 bridgehead atoms. The number of para-hydroxylation sites is 2. The Hall–Kier alpha value is -12.9. The number of aromatic nitrogens is 3. The number of rotatable bonds is 8. The first kappa shape index (κ1) is 73.6. The number of anilines is 6. The van der Waals surface area contributed by atoms with Crippen molar-refractivity contribution in [2.75, 3.05) is 9.80 Å². The fourth-order valence-electron chi connectivity index (χ4n) is 20.1. The van der Waals surface area contributed by atoms with Crippen LogP contribution < -0.4 is 9.80 Å². The van der Waals surface area contributed by atoms with Crippen LogP contribution in [-0.2, 0) is 37.9 Å². The predicted octanol–water partition coefficient (Wildman–Crippen LogP) is 33.7. The van der Waals surface area contributed by atoms with Gasteiger partial charge in [0.2, 0.25) is 0 Å². The van der Waals surface area contributed by atoms with E-state index in [1.807, 2.05) is 6.07 Å². The molecule has 0 N–H and O–H groups in total. The molecule has 1 unspecified atom stereocenters. The minimum atomic E-state index is -0.521. The topological polar surface area (TPSA) is 34.4 Å². The predicted molar refractivity (Wildman–Crippen MR) is 534 cm³/mol. The second kappa shape index (κ2) is 27.8. The summed E-state index contributed by atoms with van der Waals surface area (Å²) < 4.78 is 62.9. The molecule has 620 valence electrons. The Labute approximate surface area is 744 Å². The van der Waals surface area contributed by atoms with Crippen LogP contribution in [-0.4, -0.2) is 13.7 Å². The molecular formula is C119H113N5O. The van der Waals surface area contributed by atoms with Crippen molar-refractivity contribution in [3.8, 4) is 50.4 Å². The highest BCUT2D eigenvalue weighted by Gasteiger charge is 2.45. The molecule has 0 aliphatic carbocycles. The normalized spacial score (nSPS) is 14.7. The second-order valence-corrected chi connectivity index (χ2v) is 42.7. The highest BCUT2D eigenvalue weighted by molar-refractivity contribution is 6.18. The van der Waals surface area contributed by atoms with Crippen LogP contribution in [0.15, 0.2) is 302 Å². The summed E-state index contributed by atoms with van der Waals surface area (Å²) in [6.45, 7) is 48.4. The lowest BCUT2D eigenvalue weighted by Crippen LogP contribution is -2.30. The van der Waals surface area contributed by atoms with E-state index in [-0.39, 0.29) is 55.6 Å². The van der Waals surface area contributed by atoms with Gasteiger partial charge in [-0.05, 0) is 238 Å². The zero-order valence-electron chi connectivity index (χ0n) is 81.1. The van der Waals surface area contributed by atoms with Gasteiger partial charge in [-0.15, -0.1) is 0 Å². The lowest BCUT2D eigenvalue weighted by molar-refractivity contribution is 0.590. The fourth-order valence-corrected chi connectivity index (χ4v) is 20.1. The molecule has 4 aromatic heterocycles. The van der Waals surface area contributed by atoms with Crippen molar-refractivity contribution in [2.45, 2.75) is 189 Å². The smallest absolute Gasteiger partial charge is 0.159 e. The van der Waals surface area contributed by atoms with Crippen LogP contribution in [0.2, 0.25) is 0 Å². The summed E-state index contributed by atoms with van der Waals surface area (Å²) >= 11 is 0. The molecule has 1 atom stereocenters. The average molecular weight is 1630 g/mol. The fraction of sp³-hybridized carbons (Fsp3) is 0.244. The molecule has 0 spiro atoms. The van der Waals surface area contributed by atoms with Gasteiger partial charge in [0.1, 0.15) is 0 Å². The molecule has 2 aliphatic heterocycles. The SMILES string of the molecule is [2H]c1c([2H])c([2H])c(-c2ccc3c(c2)N(c2cccc4c2oc2c(-n5c6ccc(C(C)(C)C)cc6c6cc(C(C)(C)C)ccc65)cccc24)c2cc(-n4c5ccc(C(C)(C)C)cc5c5cc(C(C)(C)C)ccc54)cc4c2C3c2ccc(-n3c5ccc(C(C)(C)C)cc5c5cc(C(C)(C)C)ccc53)cc2N4c2c(-c3ccccc3)cc(C(C)(C)C)cc2-c2ccccc2)c([2H])c1[2H]. The van der Waals surface area contributed by atoms with Crippen LogP contribution in [0.25, 0.3) is 138 Å². The standard InChI is InChI=1S/C119H113N5O/c1-113(2,3)75-44-53-96-90(60-75)91-61-76(114(4,5)6)45-54-97(91)120(96)82-50-52-87-105(68-82)124(110-88(72-35-27-23-28-36-72)66-81(119(19,20)21)67-89(110)73-37-29-24-30-38-73)107-70-83(121-98-55-46-77(115(7,8)9)62-92(98)93-63-78(116(10,11)12)47-56-99(93)121)69-106-109(107)108(87)86-51-43-74(71-33-25-22-26-34-71)59-104(86)123(106)103-42-32-40-85-84-39-31-41-102(111(84)125-112(85)103)122-100-57-48-79(117(13,14)15)64-94(100)95-65-80(118(16,17)18)49-58-101(95)122/h22-70,108H,1-21H3/i22D,25D,26D,33D,34D. The maximum Gasteiger partial charge on any atom is 0.159 e. The average Bonchev–Trinajstić information content (AvgIpc) is 0.967. The van der Waals surface area contributed by atoms with Crippen LogP contribution in [0.4, 0.5) is 34.1 Å². The molecular weight excluding hydrogens is 1520 g/mol. The number of benzene rings is 15. The quantitative estimate of drug-likeness (QED) is 0.152. The molecule has 0 saturated heterocycles. The summed E-state index contributed by atoms with van der Waals surface area (Å²) in [6.07, 6.45) is 0. The largest absolute Gasteiger partial charge is 0.452 e. The molecule has 0 amide bonds. The first-order chi connectivity index (χ1) is 61.5. The molecule has 15 aromatic carbocycles. The Morgan fingerprint density at radius 3 is 1.01 bits per heavy atom. The van der Waals surface area contributed by atoms with E-state index in [9.17, 15) is 5.48 Å². The monoisotopic (exact) mass is 1630 g/mol. The minimum Gasteiger partial charge on any atom is -0.452 e. The zero-order valence-corrected chi connectivity index (χ0v) is 76.1. The minimum absolute atomic E-state index is 0.112. The van der Waals surface area contributed by atoms with Crippen molar-refractivity contribution in [3.05, 3.63) is 353 Å². The van der Waals surface area contributed by atoms with Gasteiger partial charge in [0.25, 0.3) is 0 Å². The van der Waals surface area contributed by atoms with Gasteiger partial charge in [-0.3, -0.25) is 0 Å². The molecule has 0 fully saturated rings. The van der Waals surface area contributed by atoms with Gasteiger partial charge in [0, 0.05) is 71.4 Å². The summed E-state index contributed by atoms with van der Waals surface area (Å²) in [4.78, 5) is 5.07. The Morgan fingerprint density at radius 2 is 0.600 bits per heavy atom. The maximum atomic E-state index is 9.87. The van der Waals surface area contributed by atoms with Crippen molar-refractivity contribution in [2.24, 2.45) is 0 Å². The lowest BCUT2D eigenvalue weighted by atomic mass is 9.74. The first-order valence-electron chi connectivity index (χ1n) is 47.2. The van der Waals surface area contributed by atoms with Gasteiger partial charge < -0.3 is 27.9 Å². The van der Waals surface area contributed by atoms with E-state index in [0.29, 0.717) is 11.1 Å². The van der Waals surface area contributed by atoms with E-state index in [1.54, 1.807) is 0 Å². The van der Waals surface area contributed by atoms with Crippen molar-refractivity contribution in [1.29, 1.82) is 0 Å². The van der Waals surface area contributed by atoms with Crippen LogP contribution in [0, 0.1) is 0 Å². The summed E-state index contributed by atoms with van der Waals surface area (Å²) in [5.74, 6) is -0.521.